The number of hydrogen-bond donors (Lipinski definition) is 1. The van der Waals surface area contributed by atoms with Crippen molar-refractivity contribution in [3.05, 3.63) is 66.2 Å². The first-order valence-corrected chi connectivity index (χ1v) is 7.99. The predicted octanol–water partition coefficient (Wildman–Crippen LogP) is 3.42. The van der Waals surface area contributed by atoms with Gasteiger partial charge in [0.1, 0.15) is 23.9 Å². The van der Waals surface area contributed by atoms with Crippen molar-refractivity contribution in [2.45, 2.75) is 6.92 Å². The van der Waals surface area contributed by atoms with Crippen molar-refractivity contribution >= 4 is 11.6 Å². The van der Waals surface area contributed by atoms with E-state index < -0.39 is 0 Å². The number of ether oxygens (including phenoxy) is 3. The van der Waals surface area contributed by atoms with E-state index in [0.717, 1.165) is 5.56 Å². The van der Waals surface area contributed by atoms with E-state index in [1.54, 1.807) is 63.6 Å². The summed E-state index contributed by atoms with van der Waals surface area (Å²) in [5.74, 6) is 1.65. The molecule has 6 nitrogen and oxygen atoms in total. The number of rotatable bonds is 8. The maximum absolute atomic E-state index is 12.2. The lowest BCUT2D eigenvalue weighted by atomic mass is 10.1. The molecule has 0 aliphatic carbocycles. The number of nitrogens with zero attached hydrogens (tertiary/aromatic N) is 1. The molecule has 0 aromatic heterocycles. The fraction of sp³-hybridized carbons (Fsp3) is 0.200. The van der Waals surface area contributed by atoms with Crippen LogP contribution in [0.2, 0.25) is 0 Å². The number of carbonyl (C=O) groups excluding carboxylic acids is 1. The van der Waals surface area contributed by atoms with Crippen molar-refractivity contribution in [3.63, 3.8) is 0 Å². The van der Waals surface area contributed by atoms with Crippen molar-refractivity contribution in [2.75, 3.05) is 20.8 Å². The van der Waals surface area contributed by atoms with Crippen molar-refractivity contribution < 1.29 is 19.0 Å². The van der Waals surface area contributed by atoms with Gasteiger partial charge >= 0.3 is 0 Å². The van der Waals surface area contributed by atoms with Gasteiger partial charge in [0.2, 0.25) is 0 Å². The van der Waals surface area contributed by atoms with Crippen LogP contribution in [0.4, 0.5) is 0 Å². The Kier molecular flexibility index (Phi) is 6.79. The molecular weight excluding hydrogens is 332 g/mol. The highest BCUT2D eigenvalue weighted by Gasteiger charge is 2.10. The molecule has 1 amide bonds. The molecular formula is C20H22N2O4. The second-order valence-corrected chi connectivity index (χ2v) is 5.33. The number of methoxy groups -OCH3 is 2. The normalized spacial score (nSPS) is 10.8. The van der Waals surface area contributed by atoms with Gasteiger partial charge in [0.25, 0.3) is 5.91 Å². The van der Waals surface area contributed by atoms with E-state index in [1.807, 2.05) is 6.07 Å². The molecule has 0 bridgehead atoms. The highest BCUT2D eigenvalue weighted by molar-refractivity contribution is 6.02. The molecule has 0 heterocycles. The van der Waals surface area contributed by atoms with Gasteiger partial charge in [0.15, 0.2) is 0 Å². The summed E-state index contributed by atoms with van der Waals surface area (Å²) in [4.78, 5) is 12.2. The molecule has 0 fully saturated rings. The van der Waals surface area contributed by atoms with Gasteiger partial charge in [-0.3, -0.25) is 4.79 Å². The van der Waals surface area contributed by atoms with Crippen molar-refractivity contribution in [3.8, 4) is 17.2 Å². The fourth-order valence-corrected chi connectivity index (χ4v) is 2.21. The Bertz CT molecular complexity index is 798. The molecule has 136 valence electrons. The molecule has 0 radical (unpaired) electrons. The van der Waals surface area contributed by atoms with Crippen LogP contribution in [0.3, 0.4) is 0 Å². The van der Waals surface area contributed by atoms with Crippen LogP contribution in [0.1, 0.15) is 22.8 Å². The molecule has 0 saturated heterocycles. The number of carbonyl (C=O) groups is 1. The largest absolute Gasteiger partial charge is 0.497 e. The molecule has 0 spiro atoms. The third-order valence-electron chi connectivity index (χ3n) is 3.61. The van der Waals surface area contributed by atoms with E-state index in [-0.39, 0.29) is 5.91 Å². The van der Waals surface area contributed by atoms with Gasteiger partial charge in [-0.15, -0.1) is 0 Å². The predicted molar refractivity (Wildman–Crippen MR) is 101 cm³/mol. The lowest BCUT2D eigenvalue weighted by molar-refractivity contribution is 0.0955. The molecule has 0 saturated carbocycles. The van der Waals surface area contributed by atoms with E-state index in [1.165, 1.54) is 0 Å². The quantitative estimate of drug-likeness (QED) is 0.448. The van der Waals surface area contributed by atoms with Crippen molar-refractivity contribution in [1.29, 1.82) is 0 Å². The molecule has 2 rings (SSSR count). The monoisotopic (exact) mass is 354 g/mol. The fourth-order valence-electron chi connectivity index (χ4n) is 2.21. The summed E-state index contributed by atoms with van der Waals surface area (Å²) in [5, 5.41) is 4.16. The summed E-state index contributed by atoms with van der Waals surface area (Å²) in [6, 6.07) is 12.2. The lowest BCUT2D eigenvalue weighted by Crippen LogP contribution is -2.19. The number of nitrogens with one attached hydrogen (secondary N) is 1. The SMILES string of the molecule is C=CCOc1ccc(C(=O)N/N=C(\C)c2ccc(OC)cc2OC)cc1. The minimum absolute atomic E-state index is 0.313. The van der Waals surface area contributed by atoms with Crippen LogP contribution in [0, 0.1) is 0 Å². The molecule has 0 aliphatic heterocycles. The van der Waals surface area contributed by atoms with E-state index in [9.17, 15) is 4.79 Å². The van der Waals surface area contributed by atoms with E-state index in [2.05, 4.69) is 17.1 Å². The van der Waals surface area contributed by atoms with E-state index >= 15 is 0 Å². The van der Waals surface area contributed by atoms with Crippen LogP contribution in [-0.2, 0) is 0 Å². The zero-order chi connectivity index (χ0) is 18.9. The van der Waals surface area contributed by atoms with Crippen LogP contribution in [0.5, 0.6) is 17.2 Å². The first-order valence-electron chi connectivity index (χ1n) is 7.99. The standard InChI is InChI=1S/C20H22N2O4/c1-5-12-26-16-8-6-15(7-9-16)20(23)22-21-14(2)18-11-10-17(24-3)13-19(18)25-4/h5-11,13H,1,12H2,2-4H3,(H,22,23)/b21-14+. The zero-order valence-corrected chi connectivity index (χ0v) is 15.1. The first kappa shape index (κ1) is 19.1. The third kappa shape index (κ3) is 4.86. The molecule has 0 atom stereocenters. The second-order valence-electron chi connectivity index (χ2n) is 5.33. The Balaban J connectivity index is 2.08. The van der Waals surface area contributed by atoms with Gasteiger partial charge in [-0.1, -0.05) is 12.7 Å². The average Bonchev–Trinajstić information content (AvgIpc) is 2.69. The molecule has 26 heavy (non-hydrogen) atoms. The lowest BCUT2D eigenvalue weighted by Gasteiger charge is -2.10. The van der Waals surface area contributed by atoms with Crippen molar-refractivity contribution in [2.24, 2.45) is 5.10 Å². The van der Waals surface area contributed by atoms with Crippen LogP contribution in [-0.4, -0.2) is 32.4 Å². The highest BCUT2D eigenvalue weighted by Crippen LogP contribution is 2.25. The Hall–Kier alpha value is -3.28. The van der Waals surface area contributed by atoms with Crippen molar-refractivity contribution in [1.82, 2.24) is 5.43 Å². The van der Waals surface area contributed by atoms with Gasteiger partial charge in [-0.25, -0.2) is 5.43 Å². The number of hydrogen-bond acceptors (Lipinski definition) is 5. The molecule has 1 N–H and O–H groups in total. The summed E-state index contributed by atoms with van der Waals surface area (Å²) < 4.78 is 15.9. The van der Waals surface area contributed by atoms with E-state index in [0.29, 0.717) is 35.1 Å². The maximum Gasteiger partial charge on any atom is 0.271 e. The van der Waals surface area contributed by atoms with Gasteiger partial charge in [0.05, 0.1) is 19.9 Å². The summed E-state index contributed by atoms with van der Waals surface area (Å²) in [6.45, 7) is 5.79. The minimum atomic E-state index is -0.313. The Morgan fingerprint density at radius 1 is 1.12 bits per heavy atom. The Morgan fingerprint density at radius 3 is 2.42 bits per heavy atom. The Labute approximate surface area is 153 Å². The molecule has 6 heteroatoms. The number of amides is 1. The van der Waals surface area contributed by atoms with Crippen LogP contribution < -0.4 is 19.6 Å². The Morgan fingerprint density at radius 2 is 1.81 bits per heavy atom. The zero-order valence-electron chi connectivity index (χ0n) is 15.1. The number of benzene rings is 2. The van der Waals surface area contributed by atoms with Crippen LogP contribution >= 0.6 is 0 Å². The van der Waals surface area contributed by atoms with Crippen LogP contribution in [0.15, 0.2) is 60.2 Å². The van der Waals surface area contributed by atoms with Gasteiger partial charge < -0.3 is 14.2 Å². The smallest absolute Gasteiger partial charge is 0.271 e. The summed E-state index contributed by atoms with van der Waals surface area (Å²) >= 11 is 0. The molecule has 2 aromatic rings. The molecule has 0 aliphatic rings. The maximum atomic E-state index is 12.2. The first-order chi connectivity index (χ1) is 12.6. The third-order valence-corrected chi connectivity index (χ3v) is 3.61. The molecule has 0 unspecified atom stereocenters. The number of hydrazone groups is 1. The van der Waals surface area contributed by atoms with Gasteiger partial charge in [-0.2, -0.15) is 5.10 Å². The van der Waals surface area contributed by atoms with Gasteiger partial charge in [0, 0.05) is 17.2 Å². The van der Waals surface area contributed by atoms with E-state index in [4.69, 9.17) is 14.2 Å². The minimum Gasteiger partial charge on any atom is -0.497 e. The second kappa shape index (κ2) is 9.27. The summed E-state index contributed by atoms with van der Waals surface area (Å²) in [7, 11) is 3.16. The molecule has 2 aromatic carbocycles. The summed E-state index contributed by atoms with van der Waals surface area (Å²) in [5.41, 5.74) is 4.41. The van der Waals surface area contributed by atoms with Gasteiger partial charge in [-0.05, 0) is 43.3 Å². The average molecular weight is 354 g/mol. The van der Waals surface area contributed by atoms with Crippen LogP contribution in [0.25, 0.3) is 0 Å². The topological polar surface area (TPSA) is 69.2 Å². The highest BCUT2D eigenvalue weighted by atomic mass is 16.5. The summed E-state index contributed by atoms with van der Waals surface area (Å²) in [6.07, 6.45) is 1.66.